The molecule has 0 saturated heterocycles. The van der Waals surface area contributed by atoms with E-state index in [0.717, 1.165) is 18.2 Å². The van der Waals surface area contributed by atoms with E-state index >= 15 is 0 Å². The molecule has 154 valence electrons. The van der Waals surface area contributed by atoms with E-state index in [0.29, 0.717) is 6.54 Å². The van der Waals surface area contributed by atoms with E-state index in [9.17, 15) is 27.2 Å². The third-order valence-electron chi connectivity index (χ3n) is 3.40. The van der Waals surface area contributed by atoms with Gasteiger partial charge in [0.25, 0.3) is 15.9 Å². The van der Waals surface area contributed by atoms with Crippen LogP contribution < -0.4 is 15.4 Å². The monoisotopic (exact) mass is 423 g/mol. The zero-order valence-electron chi connectivity index (χ0n) is 15.3. The van der Waals surface area contributed by atoms with Crippen molar-refractivity contribution in [2.75, 3.05) is 17.9 Å². The number of nitrogens with one attached hydrogen (secondary N) is 3. The molecule has 0 aliphatic heterocycles. The normalized spacial score (nSPS) is 10.7. The van der Waals surface area contributed by atoms with Gasteiger partial charge in [-0.2, -0.15) is 0 Å². The molecule has 3 N–H and O–H groups in total. The molecule has 0 aliphatic carbocycles. The van der Waals surface area contributed by atoms with Crippen LogP contribution >= 0.6 is 0 Å². The molecular formula is C18H18FN3O6S. The fraction of sp³-hybridized carbons (Fsp3) is 0.167. The van der Waals surface area contributed by atoms with Gasteiger partial charge in [0, 0.05) is 12.2 Å². The number of amides is 3. The average Bonchev–Trinajstić information content (AvgIpc) is 2.68. The summed E-state index contributed by atoms with van der Waals surface area (Å²) in [5, 5.41) is 4.29. The van der Waals surface area contributed by atoms with Gasteiger partial charge in [0.15, 0.2) is 6.61 Å². The van der Waals surface area contributed by atoms with Crippen LogP contribution in [-0.2, 0) is 19.6 Å². The van der Waals surface area contributed by atoms with Crippen LogP contribution in [-0.4, -0.2) is 39.5 Å². The van der Waals surface area contributed by atoms with Crippen LogP contribution in [0.4, 0.5) is 14.9 Å². The second-order valence-corrected chi connectivity index (χ2v) is 7.31. The Morgan fingerprint density at radius 1 is 1.07 bits per heavy atom. The van der Waals surface area contributed by atoms with Crippen molar-refractivity contribution < 1.29 is 31.9 Å². The van der Waals surface area contributed by atoms with E-state index in [1.807, 2.05) is 5.32 Å². The van der Waals surface area contributed by atoms with Crippen molar-refractivity contribution in [2.45, 2.75) is 11.8 Å². The first-order chi connectivity index (χ1) is 13.7. The predicted molar refractivity (Wildman–Crippen MR) is 101 cm³/mol. The number of rotatable bonds is 7. The van der Waals surface area contributed by atoms with Crippen molar-refractivity contribution in [3.63, 3.8) is 0 Å². The van der Waals surface area contributed by atoms with Crippen molar-refractivity contribution in [3.05, 3.63) is 59.9 Å². The molecule has 2 rings (SSSR count). The molecule has 2 aromatic carbocycles. The molecule has 0 fully saturated rings. The number of carbonyl (C=O) groups is 3. The topological polar surface area (TPSA) is 131 Å². The summed E-state index contributed by atoms with van der Waals surface area (Å²) < 4.78 is 44.9. The summed E-state index contributed by atoms with van der Waals surface area (Å²) in [7, 11) is -4.05. The zero-order valence-corrected chi connectivity index (χ0v) is 16.1. The van der Waals surface area contributed by atoms with Gasteiger partial charge in [0.1, 0.15) is 5.82 Å². The minimum atomic E-state index is -4.05. The summed E-state index contributed by atoms with van der Waals surface area (Å²) in [5.74, 6) is -2.31. The van der Waals surface area contributed by atoms with E-state index in [1.165, 1.54) is 30.3 Å². The van der Waals surface area contributed by atoms with Crippen LogP contribution in [0.2, 0.25) is 0 Å². The second kappa shape index (κ2) is 9.64. The van der Waals surface area contributed by atoms with Gasteiger partial charge in [0.2, 0.25) is 0 Å². The van der Waals surface area contributed by atoms with Gasteiger partial charge in [-0.05, 0) is 49.4 Å². The molecule has 0 spiro atoms. The minimum absolute atomic E-state index is 0.113. The van der Waals surface area contributed by atoms with Crippen LogP contribution in [0.15, 0.2) is 53.4 Å². The Bertz CT molecular complexity index is 1010. The van der Waals surface area contributed by atoms with Crippen LogP contribution in [0, 0.1) is 5.82 Å². The summed E-state index contributed by atoms with van der Waals surface area (Å²) in [6, 6.07) is 8.91. The highest BCUT2D eigenvalue weighted by atomic mass is 32.2. The first-order valence-corrected chi connectivity index (χ1v) is 9.83. The number of benzene rings is 2. The van der Waals surface area contributed by atoms with Gasteiger partial charge in [-0.15, -0.1) is 0 Å². The van der Waals surface area contributed by atoms with Gasteiger partial charge < -0.3 is 10.1 Å². The first kappa shape index (κ1) is 21.8. The minimum Gasteiger partial charge on any atom is -0.452 e. The van der Waals surface area contributed by atoms with E-state index < -0.39 is 40.4 Å². The maximum absolute atomic E-state index is 12.9. The van der Waals surface area contributed by atoms with Gasteiger partial charge in [-0.1, -0.05) is 6.07 Å². The SMILES string of the molecule is CCNC(=O)NC(=O)COC(=O)c1cccc(S(=O)(=O)Nc2ccc(F)cc2)c1. The molecule has 0 saturated carbocycles. The molecule has 3 amide bonds. The molecule has 0 bridgehead atoms. The number of ether oxygens (including phenoxy) is 1. The number of halogens is 1. The van der Waals surface area contributed by atoms with Crippen LogP contribution in [0.5, 0.6) is 0 Å². The van der Waals surface area contributed by atoms with Gasteiger partial charge in [-0.3, -0.25) is 14.8 Å². The Morgan fingerprint density at radius 3 is 2.41 bits per heavy atom. The summed E-state index contributed by atoms with van der Waals surface area (Å²) in [6.45, 7) is 1.25. The van der Waals surface area contributed by atoms with Gasteiger partial charge in [0.05, 0.1) is 10.5 Å². The molecule has 0 aliphatic rings. The predicted octanol–water partition coefficient (Wildman–Crippen LogP) is 1.63. The summed E-state index contributed by atoms with van der Waals surface area (Å²) in [4.78, 5) is 34.6. The lowest BCUT2D eigenvalue weighted by Crippen LogP contribution is -2.41. The molecule has 0 unspecified atom stereocenters. The number of sulfonamides is 1. The zero-order chi connectivity index (χ0) is 21.4. The fourth-order valence-electron chi connectivity index (χ4n) is 2.10. The largest absolute Gasteiger partial charge is 0.452 e. The lowest BCUT2D eigenvalue weighted by Gasteiger charge is -2.10. The lowest BCUT2D eigenvalue weighted by molar-refractivity contribution is -0.123. The number of imide groups is 1. The van der Waals surface area contributed by atoms with E-state index in [1.54, 1.807) is 6.92 Å². The standard InChI is InChI=1S/C18H18FN3O6S/c1-2-20-18(25)21-16(23)11-28-17(24)12-4-3-5-15(10-12)29(26,27)22-14-8-6-13(19)7-9-14/h3-10,22H,2,11H2,1H3,(H2,20,21,23,25). The number of esters is 1. The van der Waals surface area contributed by atoms with Crippen LogP contribution in [0.1, 0.15) is 17.3 Å². The third-order valence-corrected chi connectivity index (χ3v) is 4.78. The van der Waals surface area contributed by atoms with E-state index in [2.05, 4.69) is 10.0 Å². The molecule has 0 heterocycles. The Labute approximate surface area is 166 Å². The second-order valence-electron chi connectivity index (χ2n) is 5.62. The lowest BCUT2D eigenvalue weighted by atomic mass is 10.2. The molecular weight excluding hydrogens is 405 g/mol. The molecule has 9 nitrogen and oxygen atoms in total. The summed E-state index contributed by atoms with van der Waals surface area (Å²) >= 11 is 0. The molecule has 0 radical (unpaired) electrons. The van der Waals surface area contributed by atoms with E-state index in [4.69, 9.17) is 4.74 Å². The fourth-order valence-corrected chi connectivity index (χ4v) is 3.21. The van der Waals surface area contributed by atoms with Crippen molar-refractivity contribution in [1.29, 1.82) is 0 Å². The van der Waals surface area contributed by atoms with Crippen molar-refractivity contribution in [2.24, 2.45) is 0 Å². The number of carbonyl (C=O) groups excluding carboxylic acids is 3. The average molecular weight is 423 g/mol. The van der Waals surface area contributed by atoms with E-state index in [-0.39, 0.29) is 16.1 Å². The summed E-state index contributed by atoms with van der Waals surface area (Å²) in [6.07, 6.45) is 0. The smallest absolute Gasteiger partial charge is 0.338 e. The molecule has 0 atom stereocenters. The maximum Gasteiger partial charge on any atom is 0.338 e. The number of anilines is 1. The van der Waals surface area contributed by atoms with Crippen molar-refractivity contribution >= 4 is 33.6 Å². The van der Waals surface area contributed by atoms with Gasteiger partial charge in [-0.25, -0.2) is 22.4 Å². The molecule has 0 aromatic heterocycles. The highest BCUT2D eigenvalue weighted by molar-refractivity contribution is 7.92. The highest BCUT2D eigenvalue weighted by Gasteiger charge is 2.18. The maximum atomic E-state index is 12.9. The van der Waals surface area contributed by atoms with Crippen LogP contribution in [0.3, 0.4) is 0 Å². The van der Waals surface area contributed by atoms with Gasteiger partial charge >= 0.3 is 12.0 Å². The number of hydrogen-bond acceptors (Lipinski definition) is 6. The van der Waals surface area contributed by atoms with Crippen molar-refractivity contribution in [1.82, 2.24) is 10.6 Å². The Kier molecular flexibility index (Phi) is 7.26. The van der Waals surface area contributed by atoms with Crippen molar-refractivity contribution in [3.8, 4) is 0 Å². The highest BCUT2D eigenvalue weighted by Crippen LogP contribution is 2.18. The Hall–Kier alpha value is -3.47. The number of urea groups is 1. The quantitative estimate of drug-likeness (QED) is 0.580. The molecule has 29 heavy (non-hydrogen) atoms. The Balaban J connectivity index is 2.04. The Morgan fingerprint density at radius 2 is 1.76 bits per heavy atom. The molecule has 11 heteroatoms. The first-order valence-electron chi connectivity index (χ1n) is 8.34. The molecule has 2 aromatic rings. The third kappa shape index (κ3) is 6.57. The number of hydrogen-bond donors (Lipinski definition) is 3. The summed E-state index contributed by atoms with van der Waals surface area (Å²) in [5.41, 5.74) is 0.0270. The van der Waals surface area contributed by atoms with Crippen LogP contribution in [0.25, 0.3) is 0 Å².